The van der Waals surface area contributed by atoms with Gasteiger partial charge < -0.3 is 164 Å². The van der Waals surface area contributed by atoms with Gasteiger partial charge in [-0.25, -0.2) is 0 Å². The normalized spacial score (nSPS) is 28.7. The van der Waals surface area contributed by atoms with Crippen molar-refractivity contribution >= 4 is 75.0 Å². The van der Waals surface area contributed by atoms with Crippen LogP contribution in [0.25, 0.3) is 0 Å². The van der Waals surface area contributed by atoms with Crippen molar-refractivity contribution in [1.82, 2.24) is 0 Å². The van der Waals surface area contributed by atoms with Crippen LogP contribution in [-0.2, 0) is 143 Å². The van der Waals surface area contributed by atoms with Crippen molar-refractivity contribution in [3.63, 3.8) is 0 Å². The highest BCUT2D eigenvalue weighted by molar-refractivity contribution is 8.46. The number of rotatable bonds is 65. The van der Waals surface area contributed by atoms with E-state index in [1.54, 1.807) is 20.8 Å². The molecule has 0 aromatic heterocycles. The lowest BCUT2D eigenvalue weighted by Gasteiger charge is -2.40. The molecule has 20 atom stereocenters. The molecule has 0 amide bonds. The van der Waals surface area contributed by atoms with Gasteiger partial charge in [0.1, 0.15) is 31.0 Å². The standard InChI is InChI=1S/C58H116O36P4S4/c1-43-47(35-46(36-59)53(65)50(43)62)83-29-23-73-17-20-76-26-32-90-96(69,100)87-14-6-10-80-40-58(39-79-9-5-13-86-95(68,99)72-4,41-81-11-7-15-88-97(70,101)91-33-27-77-21-18-74-24-30-84-56-44(2)51(63)54(66)48(37-60)93-56)42-82-12-8-16-89-98(71,102)92-34-28-78-22-19-75-25-31-85-57-45(3)52(64)55(67)49(38-61)94-57/h43-57,59-67H,5-42H2,1-4H3,(H,68,99)(H,69,100)(H,70,101)(H,71,102)/t43?,44?,45?,46?,47-,48?,49?,50-,51-,52-,53+,54+,55+,56-,57-,58?,95?,96?,97?,98?/m1/s1. The van der Waals surface area contributed by atoms with Crippen molar-refractivity contribution in [2.24, 2.45) is 29.1 Å². The van der Waals surface area contributed by atoms with E-state index in [2.05, 4.69) is 12.2 Å². The fourth-order valence-corrected chi connectivity index (χ4v) is 14.2. The summed E-state index contributed by atoms with van der Waals surface area (Å²) in [5, 5.41) is 89.4. The van der Waals surface area contributed by atoms with E-state index in [1.165, 1.54) is 7.11 Å². The lowest BCUT2D eigenvalue weighted by atomic mass is 9.77. The van der Waals surface area contributed by atoms with E-state index in [1.807, 2.05) is 0 Å². The maximum atomic E-state index is 13.0. The maximum Gasteiger partial charge on any atom is 0.324 e. The second kappa shape index (κ2) is 55.7. The summed E-state index contributed by atoms with van der Waals surface area (Å²) in [5.41, 5.74) is -0.996. The molecule has 0 bridgehead atoms. The van der Waals surface area contributed by atoms with Crippen LogP contribution in [0.15, 0.2) is 0 Å². The Morgan fingerprint density at radius 2 is 0.725 bits per heavy atom. The third-order valence-electron chi connectivity index (χ3n) is 15.9. The van der Waals surface area contributed by atoms with Crippen molar-refractivity contribution in [2.75, 3.05) is 225 Å². The lowest BCUT2D eigenvalue weighted by molar-refractivity contribution is -0.284. The quantitative estimate of drug-likeness (QED) is 0.0198. The van der Waals surface area contributed by atoms with E-state index in [-0.39, 0.29) is 236 Å². The Balaban J connectivity index is 1.45. The SMILES string of the molecule is COP(O)(=S)OCCCOCC(COCCCOP(O)(=S)OCCOCCOCCO[C@@H]1OC(CO)[C@H](O)[C@H](O)C1C)(COCCCOP(O)(=S)OCCOCCOCCO[C@@H]1CC(CO)[C@H](O)[C@H](O)C1C)COCCCO[P+]([O-])(S)OCCOCCOCCO[C@@H]1OC(CO)[C@H](O)[C@H](O)C1C. The molecular formula is C58H116O36P4S4. The Morgan fingerprint density at radius 1 is 0.402 bits per heavy atom. The molecule has 608 valence electrons. The van der Waals surface area contributed by atoms with E-state index in [9.17, 15) is 65.5 Å². The molecule has 12 N–H and O–H groups in total. The Kier molecular flexibility index (Phi) is 53.2. The molecule has 0 radical (unpaired) electrons. The van der Waals surface area contributed by atoms with Gasteiger partial charge in [-0.15, -0.1) is 0 Å². The topological polar surface area (TPSA) is 478 Å². The highest BCUT2D eigenvalue weighted by Gasteiger charge is 2.45. The van der Waals surface area contributed by atoms with Crippen LogP contribution in [-0.4, -0.2) is 353 Å². The zero-order valence-corrected chi connectivity index (χ0v) is 65.6. The summed E-state index contributed by atoms with van der Waals surface area (Å²) in [5.74, 6) is -1.86. The van der Waals surface area contributed by atoms with Crippen molar-refractivity contribution in [2.45, 2.75) is 120 Å². The van der Waals surface area contributed by atoms with Gasteiger partial charge in [-0.1, -0.05) is 20.8 Å². The fraction of sp³-hybridized carbons (Fsp3) is 1.00. The number of hydrogen-bond acceptors (Lipinski definition) is 37. The van der Waals surface area contributed by atoms with Crippen molar-refractivity contribution in [3.05, 3.63) is 0 Å². The largest absolute Gasteiger partial charge is 0.622 e. The zero-order chi connectivity index (χ0) is 75.3. The van der Waals surface area contributed by atoms with Crippen LogP contribution in [0.3, 0.4) is 0 Å². The Morgan fingerprint density at radius 3 is 1.11 bits per heavy atom. The molecule has 3 aliphatic rings. The predicted molar refractivity (Wildman–Crippen MR) is 375 cm³/mol. The first-order valence-corrected chi connectivity index (χ1v) is 44.4. The van der Waals surface area contributed by atoms with Crippen LogP contribution in [0.5, 0.6) is 0 Å². The van der Waals surface area contributed by atoms with Gasteiger partial charge in [0, 0.05) is 63.8 Å². The van der Waals surface area contributed by atoms with Gasteiger partial charge in [0.05, 0.1) is 227 Å². The summed E-state index contributed by atoms with van der Waals surface area (Å²) in [6.45, 7) is -4.22. The highest BCUT2D eigenvalue weighted by atomic mass is 32.7. The van der Waals surface area contributed by atoms with Crippen molar-refractivity contribution in [1.29, 1.82) is 0 Å². The molecule has 102 heavy (non-hydrogen) atoms. The minimum absolute atomic E-state index is 0.00116. The minimum Gasteiger partial charge on any atom is -0.622 e. The summed E-state index contributed by atoms with van der Waals surface area (Å²) >= 11 is 19.4. The van der Waals surface area contributed by atoms with Crippen LogP contribution in [0.4, 0.5) is 0 Å². The molecule has 1 saturated carbocycles. The molecule has 2 saturated heterocycles. The van der Waals surface area contributed by atoms with E-state index >= 15 is 0 Å². The van der Waals surface area contributed by atoms with Crippen LogP contribution in [0.1, 0.15) is 52.9 Å². The molecule has 44 heteroatoms. The number of aliphatic hydroxyl groups excluding tert-OH is 9. The molecule has 3 fully saturated rings. The summed E-state index contributed by atoms with van der Waals surface area (Å²) in [7, 11) is -2.57. The highest BCUT2D eigenvalue weighted by Crippen LogP contribution is 2.57. The minimum atomic E-state index is -3.81. The summed E-state index contributed by atoms with van der Waals surface area (Å²) in [6, 6.07) is 0. The second-order valence-electron chi connectivity index (χ2n) is 24.0. The third-order valence-corrected chi connectivity index (χ3v) is 22.6. The van der Waals surface area contributed by atoms with Crippen molar-refractivity contribution < 1.29 is 173 Å². The molecule has 0 aromatic carbocycles. The van der Waals surface area contributed by atoms with Crippen molar-refractivity contribution in [3.8, 4) is 0 Å². The van der Waals surface area contributed by atoms with Crippen LogP contribution < -0.4 is 4.89 Å². The first-order valence-electron chi connectivity index (χ1n) is 33.9. The first-order chi connectivity index (χ1) is 48.7. The number of thiol groups is 1. The molecule has 11 unspecified atom stereocenters. The third kappa shape index (κ3) is 41.7. The lowest BCUT2D eigenvalue weighted by Crippen LogP contribution is -2.55. The Hall–Kier alpha value is 1.29. The maximum absolute atomic E-state index is 13.0. The van der Waals surface area contributed by atoms with Crippen LogP contribution in [0, 0.1) is 29.1 Å². The molecule has 2 heterocycles. The van der Waals surface area contributed by atoms with E-state index in [0.29, 0.717) is 12.8 Å². The summed E-state index contributed by atoms with van der Waals surface area (Å²) in [6.07, 6.45) is -9.17. The first kappa shape index (κ1) is 97.5. The molecule has 0 spiro atoms. The molecule has 2 aliphatic heterocycles. The van der Waals surface area contributed by atoms with Crippen LogP contribution >= 0.6 is 39.5 Å². The summed E-state index contributed by atoms with van der Waals surface area (Å²) in [4.78, 5) is 44.5. The van der Waals surface area contributed by atoms with Gasteiger partial charge in [-0.3, -0.25) is 0 Å². The van der Waals surface area contributed by atoms with Gasteiger partial charge in [0.25, 0.3) is 7.15 Å². The summed E-state index contributed by atoms with van der Waals surface area (Å²) < 4.78 is 129. The number of hydrogen-bond donors (Lipinski definition) is 13. The second-order valence-corrected chi connectivity index (χ2v) is 35.5. The van der Waals surface area contributed by atoms with Gasteiger partial charge in [0.15, 0.2) is 12.6 Å². The monoisotopic (exact) mass is 1640 g/mol. The molecular weight excluding hydrogens is 1520 g/mol. The zero-order valence-electron chi connectivity index (χ0n) is 58.7. The van der Waals surface area contributed by atoms with Crippen LogP contribution in [0.2, 0.25) is 0 Å². The Bertz CT molecular complexity index is 2150. The van der Waals surface area contributed by atoms with E-state index in [0.717, 1.165) is 0 Å². The van der Waals surface area contributed by atoms with Gasteiger partial charge in [-0.2, -0.15) is 9.05 Å². The smallest absolute Gasteiger partial charge is 0.324 e. The average molecular weight is 1640 g/mol. The number of ether oxygens (including phenoxy) is 15. The Labute approximate surface area is 619 Å². The fourth-order valence-electron chi connectivity index (χ4n) is 9.92. The van der Waals surface area contributed by atoms with Gasteiger partial charge in [-0.05, 0) is 67.5 Å². The number of aliphatic hydroxyl groups is 9. The van der Waals surface area contributed by atoms with Gasteiger partial charge in [0.2, 0.25) is 0 Å². The van der Waals surface area contributed by atoms with E-state index in [4.69, 9.17) is 143 Å². The van der Waals surface area contributed by atoms with E-state index < -0.39 is 125 Å². The molecule has 0 aromatic rings. The molecule has 36 nitrogen and oxygen atoms in total. The van der Waals surface area contributed by atoms with Gasteiger partial charge >= 0.3 is 20.2 Å². The molecule has 1 aliphatic carbocycles. The molecule has 3 rings (SSSR count). The average Bonchev–Trinajstić information content (AvgIpc) is 0.821. The predicted octanol–water partition coefficient (Wildman–Crippen LogP) is -0.981.